The number of carbonyl (C=O) groups is 1. The third kappa shape index (κ3) is 3.23. The van der Waals surface area contributed by atoms with Crippen molar-refractivity contribution in [3.63, 3.8) is 0 Å². The normalized spacial score (nSPS) is 10.2. The van der Waals surface area contributed by atoms with E-state index in [1.165, 1.54) is 11.3 Å². The molecule has 1 aromatic heterocycles. The topological polar surface area (TPSA) is 74.4 Å². The number of carbonyl (C=O) groups excluding carboxylic acids is 1. The number of thiazole rings is 1. The zero-order chi connectivity index (χ0) is 13.7. The van der Waals surface area contributed by atoms with Crippen molar-refractivity contribution >= 4 is 23.0 Å². The number of ether oxygens (including phenoxy) is 2. The fraction of sp³-hybridized carbons (Fsp3) is 0.231. The molecule has 0 amide bonds. The van der Waals surface area contributed by atoms with Crippen LogP contribution in [0.5, 0.6) is 5.75 Å². The Morgan fingerprint density at radius 1 is 1.47 bits per heavy atom. The maximum atomic E-state index is 12.0. The molecule has 0 unspecified atom stereocenters. The Bertz CT molecular complexity index is 555. The first-order chi connectivity index (χ1) is 9.22. The molecule has 0 fully saturated rings. The van der Waals surface area contributed by atoms with Gasteiger partial charge in [0.1, 0.15) is 17.2 Å². The minimum atomic E-state index is -0.467. The molecule has 0 bridgehead atoms. The summed E-state index contributed by atoms with van der Waals surface area (Å²) in [6.07, 6.45) is 1.67. The Labute approximate surface area is 115 Å². The number of nitrogens with two attached hydrogens (primary N) is 1. The maximum absolute atomic E-state index is 12.0. The second-order valence-electron chi connectivity index (χ2n) is 3.66. The molecule has 1 heterocycles. The van der Waals surface area contributed by atoms with Crippen LogP contribution in [0.3, 0.4) is 0 Å². The first-order valence-corrected chi connectivity index (χ1v) is 6.67. The van der Waals surface area contributed by atoms with E-state index in [9.17, 15) is 4.79 Å². The van der Waals surface area contributed by atoms with Crippen molar-refractivity contribution in [2.45, 2.75) is 13.5 Å². The number of benzene rings is 1. The Hall–Kier alpha value is -2.08. The summed E-state index contributed by atoms with van der Waals surface area (Å²) in [5, 5.41) is 2.57. The lowest BCUT2D eigenvalue weighted by molar-refractivity contribution is 0.0468. The number of rotatable bonds is 5. The fourth-order valence-electron chi connectivity index (χ4n) is 1.55. The molecule has 19 heavy (non-hydrogen) atoms. The third-order valence-electron chi connectivity index (χ3n) is 2.36. The Morgan fingerprint density at radius 2 is 2.32 bits per heavy atom. The van der Waals surface area contributed by atoms with E-state index in [0.29, 0.717) is 23.6 Å². The van der Waals surface area contributed by atoms with Crippen molar-refractivity contribution in [1.29, 1.82) is 0 Å². The molecule has 2 aromatic rings. The minimum Gasteiger partial charge on any atom is -0.491 e. The third-order valence-corrected chi connectivity index (χ3v) is 3.12. The zero-order valence-electron chi connectivity index (χ0n) is 10.5. The number of para-hydroxylation sites is 1. The summed E-state index contributed by atoms with van der Waals surface area (Å²) in [5.41, 5.74) is 6.55. The van der Waals surface area contributed by atoms with Crippen LogP contribution in [0.1, 0.15) is 22.3 Å². The van der Waals surface area contributed by atoms with E-state index in [0.717, 1.165) is 5.01 Å². The lowest BCUT2D eigenvalue weighted by atomic mass is 10.2. The van der Waals surface area contributed by atoms with Gasteiger partial charge in [-0.15, -0.1) is 11.3 Å². The highest BCUT2D eigenvalue weighted by atomic mass is 32.1. The van der Waals surface area contributed by atoms with E-state index < -0.39 is 5.97 Å². The lowest BCUT2D eigenvalue weighted by Crippen LogP contribution is -2.09. The van der Waals surface area contributed by atoms with Crippen LogP contribution in [0, 0.1) is 0 Å². The summed E-state index contributed by atoms with van der Waals surface area (Å²) in [5.74, 6) is -0.0971. The number of anilines is 1. The lowest BCUT2D eigenvalue weighted by Gasteiger charge is -2.11. The SMILES string of the molecule is CCOc1c(N)cccc1C(=O)OCc1nccs1. The largest absolute Gasteiger partial charge is 0.491 e. The number of nitrogen functional groups attached to an aromatic ring is 1. The van der Waals surface area contributed by atoms with Crippen LogP contribution in [-0.2, 0) is 11.3 Å². The highest BCUT2D eigenvalue weighted by Gasteiger charge is 2.16. The van der Waals surface area contributed by atoms with Crippen molar-refractivity contribution in [2.24, 2.45) is 0 Å². The number of nitrogens with zero attached hydrogens (tertiary/aromatic N) is 1. The summed E-state index contributed by atoms with van der Waals surface area (Å²) in [7, 11) is 0. The second-order valence-corrected chi connectivity index (χ2v) is 4.64. The number of hydrogen-bond donors (Lipinski definition) is 1. The summed E-state index contributed by atoms with van der Waals surface area (Å²) in [6, 6.07) is 5.01. The van der Waals surface area contributed by atoms with Gasteiger partial charge in [0.25, 0.3) is 0 Å². The molecule has 6 heteroatoms. The van der Waals surface area contributed by atoms with Gasteiger partial charge in [0.05, 0.1) is 12.3 Å². The summed E-state index contributed by atoms with van der Waals surface area (Å²) in [4.78, 5) is 16.1. The smallest absolute Gasteiger partial charge is 0.342 e. The Morgan fingerprint density at radius 3 is 3.00 bits per heavy atom. The highest BCUT2D eigenvalue weighted by molar-refractivity contribution is 7.09. The average molecular weight is 278 g/mol. The molecule has 2 rings (SSSR count). The molecule has 0 saturated carbocycles. The molecule has 0 spiro atoms. The molecule has 2 N–H and O–H groups in total. The van der Waals surface area contributed by atoms with Crippen molar-refractivity contribution in [3.05, 3.63) is 40.3 Å². The van der Waals surface area contributed by atoms with Gasteiger partial charge in [-0.2, -0.15) is 0 Å². The van der Waals surface area contributed by atoms with Gasteiger partial charge in [-0.1, -0.05) is 6.07 Å². The maximum Gasteiger partial charge on any atom is 0.342 e. The molecule has 0 atom stereocenters. The molecule has 0 saturated heterocycles. The zero-order valence-corrected chi connectivity index (χ0v) is 11.3. The number of aromatic nitrogens is 1. The van der Waals surface area contributed by atoms with Gasteiger partial charge in [0, 0.05) is 11.6 Å². The van der Waals surface area contributed by atoms with Crippen LogP contribution in [0.4, 0.5) is 5.69 Å². The molecule has 1 aromatic carbocycles. The van der Waals surface area contributed by atoms with E-state index >= 15 is 0 Å². The van der Waals surface area contributed by atoms with Crippen molar-refractivity contribution < 1.29 is 14.3 Å². The fourth-order valence-corrected chi connectivity index (χ4v) is 2.08. The Balaban J connectivity index is 2.12. The van der Waals surface area contributed by atoms with Gasteiger partial charge >= 0.3 is 5.97 Å². The van der Waals surface area contributed by atoms with Crippen LogP contribution in [0.25, 0.3) is 0 Å². The van der Waals surface area contributed by atoms with E-state index in [-0.39, 0.29) is 6.61 Å². The quantitative estimate of drug-likeness (QED) is 0.671. The predicted molar refractivity (Wildman–Crippen MR) is 73.3 cm³/mol. The Kier molecular flexibility index (Phi) is 4.35. The van der Waals surface area contributed by atoms with Gasteiger partial charge < -0.3 is 15.2 Å². The van der Waals surface area contributed by atoms with Gasteiger partial charge in [-0.3, -0.25) is 0 Å². The highest BCUT2D eigenvalue weighted by Crippen LogP contribution is 2.27. The molecule has 0 aliphatic heterocycles. The second kappa shape index (κ2) is 6.19. The number of hydrogen-bond acceptors (Lipinski definition) is 6. The minimum absolute atomic E-state index is 0.150. The summed E-state index contributed by atoms with van der Waals surface area (Å²) < 4.78 is 10.6. The van der Waals surface area contributed by atoms with Crippen LogP contribution in [0.2, 0.25) is 0 Å². The van der Waals surface area contributed by atoms with E-state index in [1.54, 1.807) is 24.4 Å². The average Bonchev–Trinajstić information content (AvgIpc) is 2.92. The molecular weight excluding hydrogens is 264 g/mol. The molecule has 0 aliphatic carbocycles. The standard InChI is InChI=1S/C13H14N2O3S/c1-2-17-12-9(4-3-5-10(12)14)13(16)18-8-11-15-6-7-19-11/h3-7H,2,8,14H2,1H3. The van der Waals surface area contributed by atoms with Crippen LogP contribution in [-0.4, -0.2) is 17.6 Å². The monoisotopic (exact) mass is 278 g/mol. The van der Waals surface area contributed by atoms with Crippen LogP contribution in [0.15, 0.2) is 29.8 Å². The molecule has 0 aliphatic rings. The van der Waals surface area contributed by atoms with Gasteiger partial charge in [0.2, 0.25) is 0 Å². The van der Waals surface area contributed by atoms with E-state index in [2.05, 4.69) is 4.98 Å². The van der Waals surface area contributed by atoms with Crippen LogP contribution < -0.4 is 10.5 Å². The first-order valence-electron chi connectivity index (χ1n) is 5.79. The molecular formula is C13H14N2O3S. The molecule has 5 nitrogen and oxygen atoms in total. The van der Waals surface area contributed by atoms with Crippen molar-refractivity contribution in [1.82, 2.24) is 4.98 Å². The van der Waals surface area contributed by atoms with E-state index in [1.807, 2.05) is 12.3 Å². The summed E-state index contributed by atoms with van der Waals surface area (Å²) in [6.45, 7) is 2.41. The predicted octanol–water partition coefficient (Wildman–Crippen LogP) is 2.48. The first kappa shape index (κ1) is 13.4. The van der Waals surface area contributed by atoms with Crippen LogP contribution >= 0.6 is 11.3 Å². The van der Waals surface area contributed by atoms with Gasteiger partial charge in [0.15, 0.2) is 5.75 Å². The van der Waals surface area contributed by atoms with Crippen molar-refractivity contribution in [2.75, 3.05) is 12.3 Å². The van der Waals surface area contributed by atoms with Crippen molar-refractivity contribution in [3.8, 4) is 5.75 Å². The number of esters is 1. The van der Waals surface area contributed by atoms with Gasteiger partial charge in [-0.05, 0) is 19.1 Å². The molecule has 0 radical (unpaired) electrons. The molecule has 100 valence electrons. The van der Waals surface area contributed by atoms with Gasteiger partial charge in [-0.25, -0.2) is 9.78 Å². The van der Waals surface area contributed by atoms with E-state index in [4.69, 9.17) is 15.2 Å². The summed E-state index contributed by atoms with van der Waals surface area (Å²) >= 11 is 1.43.